The maximum absolute atomic E-state index is 5.27. The van der Waals surface area contributed by atoms with E-state index in [4.69, 9.17) is 4.74 Å². The zero-order chi connectivity index (χ0) is 10.7. The molecule has 82 valence electrons. The van der Waals surface area contributed by atoms with Crippen LogP contribution in [0.4, 0.5) is 5.82 Å². The van der Waals surface area contributed by atoms with Crippen LogP contribution in [0.2, 0.25) is 0 Å². The summed E-state index contributed by atoms with van der Waals surface area (Å²) in [7, 11) is 0. The highest BCUT2D eigenvalue weighted by atomic mass is 79.9. The fourth-order valence-electron chi connectivity index (χ4n) is 1.32. The zero-order valence-corrected chi connectivity index (χ0v) is 11.2. The van der Waals surface area contributed by atoms with E-state index in [-0.39, 0.29) is 0 Å². The molecule has 0 unspecified atom stereocenters. The summed E-state index contributed by atoms with van der Waals surface area (Å²) in [6.45, 7) is 3.29. The Hall–Kier alpha value is -0.170. The van der Waals surface area contributed by atoms with Crippen LogP contribution in [0.25, 0.3) is 0 Å². The molecule has 0 atom stereocenters. The third-order valence-corrected chi connectivity index (χ3v) is 3.12. The van der Waals surface area contributed by atoms with Crippen LogP contribution in [-0.4, -0.2) is 36.3 Å². The molecular formula is C9H11Br2N3O. The molecule has 1 fully saturated rings. The molecule has 6 heteroatoms. The van der Waals surface area contributed by atoms with Gasteiger partial charge in [-0.15, -0.1) is 0 Å². The number of nitrogens with one attached hydrogen (secondary N) is 1. The molecule has 0 amide bonds. The average Bonchev–Trinajstić information content (AvgIpc) is 2.24. The molecule has 15 heavy (non-hydrogen) atoms. The van der Waals surface area contributed by atoms with Gasteiger partial charge in [0, 0.05) is 23.8 Å². The van der Waals surface area contributed by atoms with Crippen molar-refractivity contribution in [3.63, 3.8) is 0 Å². The number of aromatic nitrogens is 1. The molecule has 1 saturated heterocycles. The first kappa shape index (κ1) is 11.3. The maximum atomic E-state index is 5.27. The van der Waals surface area contributed by atoms with Crippen molar-refractivity contribution in [3.8, 4) is 0 Å². The summed E-state index contributed by atoms with van der Waals surface area (Å²) >= 11 is 6.83. The molecule has 4 nitrogen and oxygen atoms in total. The molecule has 1 aromatic rings. The number of pyridine rings is 1. The summed E-state index contributed by atoms with van der Waals surface area (Å²) < 4.78 is 7.17. The standard InChI is InChI=1S/C9H11Br2N3O/c10-7-5-8(11)9(12-6-7)13-14-1-3-15-4-2-14/h5-6H,1-4H2,(H,12,13). The third kappa shape index (κ3) is 3.14. The monoisotopic (exact) mass is 335 g/mol. The quantitative estimate of drug-likeness (QED) is 0.899. The Morgan fingerprint density at radius 3 is 2.73 bits per heavy atom. The minimum absolute atomic E-state index is 0.765. The largest absolute Gasteiger partial charge is 0.379 e. The lowest BCUT2D eigenvalue weighted by atomic mass is 10.4. The van der Waals surface area contributed by atoms with Crippen molar-refractivity contribution in [2.45, 2.75) is 0 Å². The third-order valence-electron chi connectivity index (χ3n) is 2.08. The second-order valence-electron chi connectivity index (χ2n) is 3.20. The number of anilines is 1. The number of ether oxygens (including phenoxy) is 1. The molecule has 1 aliphatic rings. The van der Waals surface area contributed by atoms with Gasteiger partial charge in [-0.3, -0.25) is 0 Å². The highest BCUT2D eigenvalue weighted by molar-refractivity contribution is 9.11. The molecule has 0 spiro atoms. The lowest BCUT2D eigenvalue weighted by Gasteiger charge is -2.27. The van der Waals surface area contributed by atoms with Gasteiger partial charge in [-0.05, 0) is 37.9 Å². The van der Waals surface area contributed by atoms with Gasteiger partial charge in [0.2, 0.25) is 0 Å². The van der Waals surface area contributed by atoms with Gasteiger partial charge in [0.25, 0.3) is 0 Å². The first-order valence-corrected chi connectivity index (χ1v) is 6.25. The number of nitrogens with zero attached hydrogens (tertiary/aromatic N) is 2. The normalized spacial score (nSPS) is 17.7. The lowest BCUT2D eigenvalue weighted by molar-refractivity contribution is 0.0494. The maximum Gasteiger partial charge on any atom is 0.154 e. The SMILES string of the molecule is Brc1cnc(NN2CCOCC2)c(Br)c1. The summed E-state index contributed by atoms with van der Waals surface area (Å²) in [6, 6.07) is 1.97. The molecule has 2 heterocycles. The van der Waals surface area contributed by atoms with E-state index in [1.807, 2.05) is 6.07 Å². The smallest absolute Gasteiger partial charge is 0.154 e. The Labute approximate surface area is 105 Å². The number of rotatable bonds is 2. The Kier molecular flexibility index (Phi) is 3.96. The second-order valence-corrected chi connectivity index (χ2v) is 4.97. The second kappa shape index (κ2) is 5.25. The van der Waals surface area contributed by atoms with Crippen LogP contribution in [-0.2, 0) is 4.74 Å². The first-order chi connectivity index (χ1) is 7.25. The fourth-order valence-corrected chi connectivity index (χ4v) is 2.40. The summed E-state index contributed by atoms with van der Waals surface area (Å²) in [5.41, 5.74) is 3.25. The van der Waals surface area contributed by atoms with Crippen LogP contribution in [0.5, 0.6) is 0 Å². The molecule has 0 aromatic carbocycles. The molecule has 0 radical (unpaired) electrons. The van der Waals surface area contributed by atoms with E-state index in [0.717, 1.165) is 41.1 Å². The zero-order valence-electron chi connectivity index (χ0n) is 8.04. The fraction of sp³-hybridized carbons (Fsp3) is 0.444. The van der Waals surface area contributed by atoms with Crippen LogP contribution in [0.15, 0.2) is 21.2 Å². The van der Waals surface area contributed by atoms with E-state index in [1.54, 1.807) is 6.20 Å². The van der Waals surface area contributed by atoms with Gasteiger partial charge in [-0.2, -0.15) is 0 Å². The van der Waals surface area contributed by atoms with E-state index < -0.39 is 0 Å². The first-order valence-electron chi connectivity index (χ1n) is 4.66. The molecule has 0 saturated carbocycles. The molecule has 1 aliphatic heterocycles. The van der Waals surface area contributed by atoms with Gasteiger partial charge >= 0.3 is 0 Å². The number of hydrogen-bond donors (Lipinski definition) is 1. The summed E-state index contributed by atoms with van der Waals surface area (Å²) in [4.78, 5) is 4.28. The van der Waals surface area contributed by atoms with Crippen LogP contribution in [0, 0.1) is 0 Å². The van der Waals surface area contributed by atoms with Gasteiger partial charge in [0.15, 0.2) is 5.82 Å². The number of hydrazine groups is 1. The predicted molar refractivity (Wildman–Crippen MR) is 65.7 cm³/mol. The highest BCUT2D eigenvalue weighted by Gasteiger charge is 2.11. The van der Waals surface area contributed by atoms with Crippen LogP contribution in [0.1, 0.15) is 0 Å². The van der Waals surface area contributed by atoms with E-state index in [0.29, 0.717) is 0 Å². The van der Waals surface area contributed by atoms with Crippen LogP contribution >= 0.6 is 31.9 Å². The van der Waals surface area contributed by atoms with Crippen molar-refractivity contribution in [3.05, 3.63) is 21.2 Å². The van der Waals surface area contributed by atoms with Gasteiger partial charge in [-0.1, -0.05) is 0 Å². The summed E-state index contributed by atoms with van der Waals surface area (Å²) in [5, 5.41) is 2.10. The van der Waals surface area contributed by atoms with Crippen molar-refractivity contribution >= 4 is 37.7 Å². The van der Waals surface area contributed by atoms with Gasteiger partial charge < -0.3 is 10.2 Å². The van der Waals surface area contributed by atoms with Crippen molar-refractivity contribution in [2.24, 2.45) is 0 Å². The van der Waals surface area contributed by atoms with Crippen LogP contribution < -0.4 is 5.43 Å². The Bertz CT molecular complexity index is 342. The Morgan fingerprint density at radius 2 is 2.07 bits per heavy atom. The van der Waals surface area contributed by atoms with Crippen molar-refractivity contribution in [2.75, 3.05) is 31.7 Å². The Balaban J connectivity index is 2.03. The molecule has 0 aliphatic carbocycles. The lowest BCUT2D eigenvalue weighted by Crippen LogP contribution is -2.40. The number of morpholine rings is 1. The minimum Gasteiger partial charge on any atom is -0.379 e. The topological polar surface area (TPSA) is 37.4 Å². The van der Waals surface area contributed by atoms with E-state index in [2.05, 4.69) is 47.3 Å². The molecule has 1 N–H and O–H groups in total. The van der Waals surface area contributed by atoms with Crippen molar-refractivity contribution < 1.29 is 4.74 Å². The average molecular weight is 337 g/mol. The van der Waals surface area contributed by atoms with Gasteiger partial charge in [0.1, 0.15) is 0 Å². The predicted octanol–water partition coefficient (Wildman–Crippen LogP) is 2.27. The molecular weight excluding hydrogens is 326 g/mol. The molecule has 2 rings (SSSR count). The Morgan fingerprint density at radius 1 is 1.33 bits per heavy atom. The van der Waals surface area contributed by atoms with Crippen LogP contribution in [0.3, 0.4) is 0 Å². The number of halogens is 2. The molecule has 0 bridgehead atoms. The van der Waals surface area contributed by atoms with Gasteiger partial charge in [-0.25, -0.2) is 9.99 Å². The summed E-state index contributed by atoms with van der Waals surface area (Å²) in [6.07, 6.45) is 1.77. The van der Waals surface area contributed by atoms with E-state index in [9.17, 15) is 0 Å². The molecule has 1 aromatic heterocycles. The van der Waals surface area contributed by atoms with E-state index in [1.165, 1.54) is 0 Å². The van der Waals surface area contributed by atoms with E-state index >= 15 is 0 Å². The minimum atomic E-state index is 0.765. The van der Waals surface area contributed by atoms with Crippen molar-refractivity contribution in [1.82, 2.24) is 9.99 Å². The van der Waals surface area contributed by atoms with Gasteiger partial charge in [0.05, 0.1) is 17.7 Å². The van der Waals surface area contributed by atoms with Crippen molar-refractivity contribution in [1.29, 1.82) is 0 Å². The number of hydrogen-bond acceptors (Lipinski definition) is 4. The highest BCUT2D eigenvalue weighted by Crippen LogP contribution is 2.23. The summed E-state index contributed by atoms with van der Waals surface area (Å²) in [5.74, 6) is 0.833.